The highest BCUT2D eigenvalue weighted by atomic mass is 35.5. The molecule has 84 valence electrons. The Morgan fingerprint density at radius 1 is 1.38 bits per heavy atom. The molecule has 1 aliphatic carbocycles. The zero-order valence-corrected chi connectivity index (χ0v) is 9.52. The van der Waals surface area contributed by atoms with Gasteiger partial charge < -0.3 is 4.74 Å². The van der Waals surface area contributed by atoms with Crippen molar-refractivity contribution >= 4 is 17.3 Å². The van der Waals surface area contributed by atoms with Gasteiger partial charge in [-0.1, -0.05) is 16.7 Å². The van der Waals surface area contributed by atoms with Crippen molar-refractivity contribution in [2.75, 3.05) is 0 Å². The van der Waals surface area contributed by atoms with Crippen LogP contribution >= 0.6 is 11.6 Å². The summed E-state index contributed by atoms with van der Waals surface area (Å²) in [7, 11) is 0. The number of rotatable bonds is 3. The summed E-state index contributed by atoms with van der Waals surface area (Å²) in [6.45, 7) is 0. The first-order valence-electron chi connectivity index (χ1n) is 5.31. The van der Waals surface area contributed by atoms with E-state index in [1.54, 1.807) is 18.2 Å². The smallest absolute Gasteiger partial charge is 0.138 e. The number of nitrogens with zero attached hydrogens (tertiary/aromatic N) is 3. The van der Waals surface area contributed by atoms with Gasteiger partial charge in [-0.2, -0.15) is 0 Å². The molecule has 1 aliphatic rings. The summed E-state index contributed by atoms with van der Waals surface area (Å²) in [5.41, 5.74) is 8.80. The molecule has 1 aromatic rings. The van der Waals surface area contributed by atoms with E-state index in [1.807, 2.05) is 0 Å². The molecule has 0 aromatic heterocycles. The van der Waals surface area contributed by atoms with Crippen molar-refractivity contribution in [3.63, 3.8) is 0 Å². The van der Waals surface area contributed by atoms with Gasteiger partial charge in [0.05, 0.1) is 11.1 Å². The third-order valence-electron chi connectivity index (χ3n) is 2.67. The molecule has 0 N–H and O–H groups in total. The minimum Gasteiger partial charge on any atom is -0.489 e. The van der Waals surface area contributed by atoms with Gasteiger partial charge in [0, 0.05) is 10.6 Å². The molecule has 4 nitrogen and oxygen atoms in total. The minimum absolute atomic E-state index is 0.280. The first-order chi connectivity index (χ1) is 7.79. The Bertz CT molecular complexity index is 423. The summed E-state index contributed by atoms with van der Waals surface area (Å²) < 4.78 is 5.77. The van der Waals surface area contributed by atoms with E-state index in [2.05, 4.69) is 10.0 Å². The van der Waals surface area contributed by atoms with Crippen LogP contribution in [0.3, 0.4) is 0 Å². The van der Waals surface area contributed by atoms with Gasteiger partial charge in [-0.05, 0) is 49.4 Å². The first kappa shape index (κ1) is 11.1. The summed E-state index contributed by atoms with van der Waals surface area (Å²) in [5.74, 6) is 0.672. The third-order valence-corrected chi connectivity index (χ3v) is 2.97. The average Bonchev–Trinajstić information content (AvgIpc) is 2.75. The number of hydrogen-bond acceptors (Lipinski definition) is 2. The predicted octanol–water partition coefficient (Wildman–Crippen LogP) is 4.60. The Balaban J connectivity index is 2.12. The van der Waals surface area contributed by atoms with Crippen molar-refractivity contribution in [3.05, 3.63) is 33.7 Å². The Labute approximate surface area is 98.8 Å². The van der Waals surface area contributed by atoms with E-state index >= 15 is 0 Å². The molecule has 0 atom stereocenters. The van der Waals surface area contributed by atoms with Crippen LogP contribution in [0.2, 0.25) is 5.02 Å². The molecule has 0 radical (unpaired) electrons. The molecule has 0 saturated heterocycles. The number of halogens is 1. The maximum Gasteiger partial charge on any atom is 0.138 e. The number of azide groups is 1. The van der Waals surface area contributed by atoms with E-state index in [-0.39, 0.29) is 6.10 Å². The highest BCUT2D eigenvalue weighted by Crippen LogP contribution is 2.32. The Kier molecular flexibility index (Phi) is 3.54. The first-order valence-corrected chi connectivity index (χ1v) is 5.68. The molecule has 0 amide bonds. The summed E-state index contributed by atoms with van der Waals surface area (Å²) >= 11 is 6.04. The molecule has 0 aliphatic heterocycles. The van der Waals surface area contributed by atoms with Crippen molar-refractivity contribution in [2.45, 2.75) is 31.8 Å². The summed E-state index contributed by atoms with van der Waals surface area (Å²) in [4.78, 5) is 2.71. The topological polar surface area (TPSA) is 58.0 Å². The van der Waals surface area contributed by atoms with E-state index in [0.29, 0.717) is 16.5 Å². The fraction of sp³-hybridized carbons (Fsp3) is 0.455. The van der Waals surface area contributed by atoms with Gasteiger partial charge in [0.25, 0.3) is 0 Å². The van der Waals surface area contributed by atoms with E-state index in [0.717, 1.165) is 12.8 Å². The molecular formula is C11H12ClN3O. The van der Waals surface area contributed by atoms with Crippen molar-refractivity contribution in [1.29, 1.82) is 0 Å². The van der Waals surface area contributed by atoms with E-state index in [1.165, 1.54) is 12.8 Å². The van der Waals surface area contributed by atoms with Crippen LogP contribution in [0.15, 0.2) is 23.3 Å². The molecule has 16 heavy (non-hydrogen) atoms. The Hall–Kier alpha value is -1.38. The lowest BCUT2D eigenvalue weighted by Crippen LogP contribution is -2.10. The third kappa shape index (κ3) is 2.60. The summed E-state index contributed by atoms with van der Waals surface area (Å²) in [5, 5.41) is 3.98. The molecular weight excluding hydrogens is 226 g/mol. The summed E-state index contributed by atoms with van der Waals surface area (Å²) in [6, 6.07) is 5.08. The van der Waals surface area contributed by atoms with Gasteiger partial charge in [0.15, 0.2) is 0 Å². The van der Waals surface area contributed by atoms with Crippen LogP contribution in [0.25, 0.3) is 10.4 Å². The number of hydrogen-bond donors (Lipinski definition) is 0. The van der Waals surface area contributed by atoms with Crippen LogP contribution in [-0.4, -0.2) is 6.10 Å². The second-order valence-electron chi connectivity index (χ2n) is 3.83. The maximum atomic E-state index is 8.29. The molecule has 1 aromatic carbocycles. The van der Waals surface area contributed by atoms with Crippen LogP contribution in [0.1, 0.15) is 25.7 Å². The van der Waals surface area contributed by atoms with Gasteiger partial charge >= 0.3 is 0 Å². The normalized spacial score (nSPS) is 15.8. The quantitative estimate of drug-likeness (QED) is 0.430. The van der Waals surface area contributed by atoms with E-state index in [9.17, 15) is 0 Å². The molecule has 5 heteroatoms. The minimum atomic E-state index is 0.280. The fourth-order valence-corrected chi connectivity index (χ4v) is 2.10. The largest absolute Gasteiger partial charge is 0.489 e. The lowest BCUT2D eigenvalue weighted by molar-refractivity contribution is 0.210. The van der Waals surface area contributed by atoms with Crippen molar-refractivity contribution in [1.82, 2.24) is 0 Å². The lowest BCUT2D eigenvalue weighted by atomic mass is 10.3. The molecule has 2 rings (SSSR count). The van der Waals surface area contributed by atoms with Gasteiger partial charge in [-0.3, -0.25) is 0 Å². The van der Waals surface area contributed by atoms with Crippen LogP contribution < -0.4 is 4.74 Å². The lowest BCUT2D eigenvalue weighted by Gasteiger charge is -2.14. The second-order valence-corrected chi connectivity index (χ2v) is 4.24. The SMILES string of the molecule is [N-]=[N+]=Nc1ccc(OC2CCCC2)c(Cl)c1. The van der Waals surface area contributed by atoms with Gasteiger partial charge in [0.1, 0.15) is 5.75 Å². The highest BCUT2D eigenvalue weighted by Gasteiger charge is 2.17. The zero-order chi connectivity index (χ0) is 11.4. The zero-order valence-electron chi connectivity index (χ0n) is 8.77. The number of ether oxygens (including phenoxy) is 1. The van der Waals surface area contributed by atoms with Gasteiger partial charge in [0.2, 0.25) is 0 Å². The van der Waals surface area contributed by atoms with Crippen LogP contribution in [0, 0.1) is 0 Å². The molecule has 0 bridgehead atoms. The average molecular weight is 238 g/mol. The molecule has 1 saturated carbocycles. The molecule has 0 heterocycles. The number of benzene rings is 1. The standard InChI is InChI=1S/C11H12ClN3O/c12-10-7-8(14-15-13)5-6-11(10)16-9-3-1-2-4-9/h5-7,9H,1-4H2. The van der Waals surface area contributed by atoms with Gasteiger partial charge in [-0.25, -0.2) is 0 Å². The van der Waals surface area contributed by atoms with Crippen LogP contribution in [0.4, 0.5) is 5.69 Å². The molecule has 0 spiro atoms. The van der Waals surface area contributed by atoms with Crippen molar-refractivity contribution in [3.8, 4) is 5.75 Å². The molecule has 1 fully saturated rings. The fourth-order valence-electron chi connectivity index (χ4n) is 1.88. The Morgan fingerprint density at radius 3 is 2.75 bits per heavy atom. The van der Waals surface area contributed by atoms with Crippen molar-refractivity contribution < 1.29 is 4.74 Å². The second kappa shape index (κ2) is 5.10. The highest BCUT2D eigenvalue weighted by molar-refractivity contribution is 6.32. The monoisotopic (exact) mass is 237 g/mol. The van der Waals surface area contributed by atoms with E-state index < -0.39 is 0 Å². The predicted molar refractivity (Wildman–Crippen MR) is 63.1 cm³/mol. The molecule has 0 unspecified atom stereocenters. The van der Waals surface area contributed by atoms with Crippen LogP contribution in [-0.2, 0) is 0 Å². The van der Waals surface area contributed by atoms with E-state index in [4.69, 9.17) is 21.9 Å². The van der Waals surface area contributed by atoms with Gasteiger partial charge in [-0.15, -0.1) is 0 Å². The maximum absolute atomic E-state index is 8.29. The Morgan fingerprint density at radius 2 is 2.12 bits per heavy atom. The summed E-state index contributed by atoms with van der Waals surface area (Å²) in [6.07, 6.45) is 4.91. The van der Waals surface area contributed by atoms with Crippen molar-refractivity contribution in [2.24, 2.45) is 5.11 Å². The van der Waals surface area contributed by atoms with Crippen LogP contribution in [0.5, 0.6) is 5.75 Å².